The molecule has 3 N–H and O–H groups in total. The molecule has 2 aromatic carbocycles. The summed E-state index contributed by atoms with van der Waals surface area (Å²) in [7, 11) is -3.88. The first-order valence-electron chi connectivity index (χ1n) is 8.35. The summed E-state index contributed by atoms with van der Waals surface area (Å²) >= 11 is 0. The van der Waals surface area contributed by atoms with Crippen molar-refractivity contribution < 1.29 is 22.7 Å². The minimum Gasteiger partial charge on any atom is -0.453 e. The van der Waals surface area contributed by atoms with E-state index in [4.69, 9.17) is 9.88 Å². The van der Waals surface area contributed by atoms with Crippen molar-refractivity contribution in [1.82, 2.24) is 0 Å². The molecule has 2 atom stereocenters. The van der Waals surface area contributed by atoms with Crippen molar-refractivity contribution in [2.75, 3.05) is 5.32 Å². The fraction of sp³-hybridized carbons (Fsp3) is 0.263. The number of nitrogens with two attached hydrogens (primary N) is 1. The third-order valence-electron chi connectivity index (χ3n) is 3.95. The molecule has 0 heterocycles. The number of anilines is 1. The van der Waals surface area contributed by atoms with Crippen LogP contribution in [-0.4, -0.2) is 26.4 Å². The highest BCUT2D eigenvalue weighted by Crippen LogP contribution is 2.19. The lowest BCUT2D eigenvalue weighted by atomic mass is 9.98. The average molecular weight is 390 g/mol. The third-order valence-corrected chi connectivity index (χ3v) is 4.86. The highest BCUT2D eigenvalue weighted by atomic mass is 32.2. The second kappa shape index (κ2) is 8.79. The molecule has 0 aliphatic heterocycles. The van der Waals surface area contributed by atoms with E-state index in [9.17, 15) is 18.0 Å². The van der Waals surface area contributed by atoms with Crippen LogP contribution in [0.4, 0.5) is 5.69 Å². The number of ether oxygens (including phenoxy) is 1. The van der Waals surface area contributed by atoms with Crippen LogP contribution in [0.15, 0.2) is 59.5 Å². The number of carbonyl (C=O) groups is 2. The first-order chi connectivity index (χ1) is 12.7. The van der Waals surface area contributed by atoms with E-state index in [-0.39, 0.29) is 22.9 Å². The van der Waals surface area contributed by atoms with Gasteiger partial charge in [-0.25, -0.2) is 13.6 Å². The minimum absolute atomic E-state index is 0.0413. The predicted molar refractivity (Wildman–Crippen MR) is 101 cm³/mol. The van der Waals surface area contributed by atoms with Gasteiger partial charge in [-0.05, 0) is 36.6 Å². The number of nitrogens with one attached hydrogen (secondary N) is 1. The van der Waals surface area contributed by atoms with E-state index in [1.54, 1.807) is 0 Å². The molecule has 0 aliphatic carbocycles. The molecule has 144 valence electrons. The quantitative estimate of drug-likeness (QED) is 0.704. The van der Waals surface area contributed by atoms with Crippen molar-refractivity contribution in [2.45, 2.75) is 37.2 Å². The first-order valence-corrected chi connectivity index (χ1v) is 9.89. The molecule has 0 saturated carbocycles. The highest BCUT2D eigenvalue weighted by Gasteiger charge is 2.20. The van der Waals surface area contributed by atoms with E-state index in [0.29, 0.717) is 0 Å². The molecule has 27 heavy (non-hydrogen) atoms. The van der Waals surface area contributed by atoms with Crippen molar-refractivity contribution >= 4 is 27.6 Å². The standard InChI is InChI=1S/C19H22N2O5S/c1-13(15-7-4-3-5-8-15)11-18(22)26-14(2)19(23)21-16-9-6-10-17(12-16)27(20,24)25/h3-10,12-14H,11H2,1-2H3,(H,21,23)(H2,20,24,25)/t13-,14+/m0/s1. The molecule has 0 radical (unpaired) electrons. The van der Waals surface area contributed by atoms with Gasteiger partial charge in [-0.3, -0.25) is 9.59 Å². The smallest absolute Gasteiger partial charge is 0.307 e. The molecular weight excluding hydrogens is 368 g/mol. The number of rotatable bonds is 7. The molecule has 2 aromatic rings. The number of benzene rings is 2. The summed E-state index contributed by atoms with van der Waals surface area (Å²) in [5.41, 5.74) is 1.25. The number of amides is 1. The lowest BCUT2D eigenvalue weighted by molar-refractivity contribution is -0.153. The monoisotopic (exact) mass is 390 g/mol. The molecule has 0 fully saturated rings. The maximum atomic E-state index is 12.2. The largest absolute Gasteiger partial charge is 0.453 e. The van der Waals surface area contributed by atoms with Crippen molar-refractivity contribution in [2.24, 2.45) is 5.14 Å². The van der Waals surface area contributed by atoms with Gasteiger partial charge in [0, 0.05) is 5.69 Å². The van der Waals surface area contributed by atoms with E-state index >= 15 is 0 Å². The maximum Gasteiger partial charge on any atom is 0.307 e. The number of hydrogen-bond acceptors (Lipinski definition) is 5. The van der Waals surface area contributed by atoms with Gasteiger partial charge >= 0.3 is 5.97 Å². The van der Waals surface area contributed by atoms with Gasteiger partial charge in [-0.15, -0.1) is 0 Å². The predicted octanol–water partition coefficient (Wildman–Crippen LogP) is 2.40. The van der Waals surface area contributed by atoms with Gasteiger partial charge in [0.15, 0.2) is 6.10 Å². The average Bonchev–Trinajstić information content (AvgIpc) is 2.61. The molecule has 0 aliphatic rings. The number of primary sulfonamides is 1. The van der Waals surface area contributed by atoms with Gasteiger partial charge in [0.2, 0.25) is 10.0 Å². The fourth-order valence-electron chi connectivity index (χ4n) is 2.44. The van der Waals surface area contributed by atoms with E-state index in [0.717, 1.165) is 5.56 Å². The zero-order valence-electron chi connectivity index (χ0n) is 15.1. The number of hydrogen-bond donors (Lipinski definition) is 2. The molecule has 0 saturated heterocycles. The highest BCUT2D eigenvalue weighted by molar-refractivity contribution is 7.89. The summed E-state index contributed by atoms with van der Waals surface area (Å²) in [5.74, 6) is -1.10. The minimum atomic E-state index is -3.88. The van der Waals surface area contributed by atoms with Crippen molar-refractivity contribution in [1.29, 1.82) is 0 Å². The summed E-state index contributed by atoms with van der Waals surface area (Å²) in [4.78, 5) is 24.2. The Morgan fingerprint density at radius 3 is 2.37 bits per heavy atom. The Morgan fingerprint density at radius 1 is 1.07 bits per heavy atom. The van der Waals surface area contributed by atoms with Crippen molar-refractivity contribution in [3.8, 4) is 0 Å². The summed E-state index contributed by atoms with van der Waals surface area (Å²) in [5, 5.41) is 7.58. The second-order valence-electron chi connectivity index (χ2n) is 6.21. The van der Waals surface area contributed by atoms with Gasteiger partial charge < -0.3 is 10.1 Å². The summed E-state index contributed by atoms with van der Waals surface area (Å²) in [6, 6.07) is 15.0. The van der Waals surface area contributed by atoms with Gasteiger partial charge in [-0.2, -0.15) is 0 Å². The maximum absolute atomic E-state index is 12.2. The van der Waals surface area contributed by atoms with Crippen LogP contribution in [0.5, 0.6) is 0 Å². The summed E-state index contributed by atoms with van der Waals surface area (Å²) in [6.07, 6.45) is -0.888. The number of sulfonamides is 1. The second-order valence-corrected chi connectivity index (χ2v) is 7.77. The van der Waals surface area contributed by atoms with Crippen molar-refractivity contribution in [3.63, 3.8) is 0 Å². The molecular formula is C19H22N2O5S. The van der Waals surface area contributed by atoms with Crippen LogP contribution < -0.4 is 10.5 Å². The zero-order valence-corrected chi connectivity index (χ0v) is 15.9. The third kappa shape index (κ3) is 6.19. The molecule has 0 bridgehead atoms. The Hall–Kier alpha value is -2.71. The summed E-state index contributed by atoms with van der Waals surface area (Å²) in [6.45, 7) is 3.35. The van der Waals surface area contributed by atoms with E-state index < -0.39 is 28.0 Å². The first kappa shape index (κ1) is 20.6. The molecule has 0 aromatic heterocycles. The normalized spacial score (nSPS) is 13.4. The molecule has 2 rings (SSSR count). The van der Waals surface area contributed by atoms with Crippen LogP contribution in [-0.2, 0) is 24.3 Å². The fourth-order valence-corrected chi connectivity index (χ4v) is 3.00. The summed E-state index contributed by atoms with van der Waals surface area (Å²) < 4.78 is 27.9. The van der Waals surface area contributed by atoms with Gasteiger partial charge in [0.05, 0.1) is 11.3 Å². The van der Waals surface area contributed by atoms with Crippen LogP contribution >= 0.6 is 0 Å². The SMILES string of the molecule is C[C@@H](OC(=O)C[C@H](C)c1ccccc1)C(=O)Nc1cccc(S(N)(=O)=O)c1. The van der Waals surface area contributed by atoms with Crippen LogP contribution in [0.1, 0.15) is 31.7 Å². The molecule has 7 nitrogen and oxygen atoms in total. The lowest BCUT2D eigenvalue weighted by Crippen LogP contribution is -2.30. The van der Waals surface area contributed by atoms with Crippen LogP contribution in [0, 0.1) is 0 Å². The molecule has 8 heteroatoms. The van der Waals surface area contributed by atoms with E-state index in [1.165, 1.54) is 31.2 Å². The Balaban J connectivity index is 1.92. The van der Waals surface area contributed by atoms with E-state index in [2.05, 4.69) is 5.32 Å². The topological polar surface area (TPSA) is 116 Å². The Morgan fingerprint density at radius 2 is 1.74 bits per heavy atom. The number of esters is 1. The van der Waals surface area contributed by atoms with Gasteiger partial charge in [0.1, 0.15) is 0 Å². The molecule has 0 unspecified atom stereocenters. The Kier molecular flexibility index (Phi) is 6.70. The van der Waals surface area contributed by atoms with Crippen LogP contribution in [0.3, 0.4) is 0 Å². The Bertz CT molecular complexity index is 913. The molecule has 0 spiro atoms. The number of carbonyl (C=O) groups excluding carboxylic acids is 2. The van der Waals surface area contributed by atoms with Gasteiger partial charge in [-0.1, -0.05) is 43.3 Å². The van der Waals surface area contributed by atoms with Gasteiger partial charge in [0.25, 0.3) is 5.91 Å². The van der Waals surface area contributed by atoms with Crippen LogP contribution in [0.2, 0.25) is 0 Å². The molecule has 1 amide bonds. The van der Waals surface area contributed by atoms with Crippen molar-refractivity contribution in [3.05, 3.63) is 60.2 Å². The van der Waals surface area contributed by atoms with E-state index in [1.807, 2.05) is 37.3 Å². The Labute approximate surface area is 158 Å². The van der Waals surface area contributed by atoms with Crippen LogP contribution in [0.25, 0.3) is 0 Å². The lowest BCUT2D eigenvalue weighted by Gasteiger charge is -2.16. The zero-order chi connectivity index (χ0) is 20.0.